The van der Waals surface area contributed by atoms with Crippen LogP contribution in [0.4, 0.5) is 10.2 Å². The van der Waals surface area contributed by atoms with Crippen molar-refractivity contribution in [3.8, 4) is 5.75 Å². The van der Waals surface area contributed by atoms with Gasteiger partial charge in [-0.05, 0) is 37.6 Å². The molecule has 0 radical (unpaired) electrons. The predicted molar refractivity (Wildman–Crippen MR) is 74.1 cm³/mol. The Morgan fingerprint density at radius 3 is 2.75 bits per heavy atom. The van der Waals surface area contributed by atoms with E-state index in [4.69, 9.17) is 4.74 Å². The van der Waals surface area contributed by atoms with E-state index in [1.165, 1.54) is 12.1 Å². The van der Waals surface area contributed by atoms with Gasteiger partial charge in [-0.15, -0.1) is 0 Å². The van der Waals surface area contributed by atoms with Crippen LogP contribution >= 0.6 is 0 Å². The van der Waals surface area contributed by atoms with E-state index >= 15 is 0 Å². The Morgan fingerprint density at radius 2 is 2.05 bits per heavy atom. The standard InChI is InChI=1S/C15H15FN2O2/c1-10-6-5-9-17-14(10)18-15(19)11(2)20-13-8-4-3-7-12(13)16/h3-9,11H,1-2H3,(H,17,18,19)/t11-/m1/s1. The molecular formula is C15H15FN2O2. The van der Waals surface area contributed by atoms with Crippen LogP contribution < -0.4 is 10.1 Å². The number of nitrogens with zero attached hydrogens (tertiary/aromatic N) is 1. The zero-order chi connectivity index (χ0) is 14.5. The van der Waals surface area contributed by atoms with Crippen molar-refractivity contribution in [1.82, 2.24) is 4.98 Å². The molecular weight excluding hydrogens is 259 g/mol. The molecule has 0 saturated heterocycles. The number of nitrogens with one attached hydrogen (secondary N) is 1. The second-order valence-electron chi connectivity index (χ2n) is 4.35. The Hall–Kier alpha value is -2.43. The van der Waals surface area contributed by atoms with Crippen LogP contribution in [0.15, 0.2) is 42.6 Å². The lowest BCUT2D eigenvalue weighted by molar-refractivity contribution is -0.122. The van der Waals surface area contributed by atoms with Gasteiger partial charge in [-0.2, -0.15) is 0 Å². The Balaban J connectivity index is 2.03. The number of carbonyl (C=O) groups excluding carboxylic acids is 1. The Morgan fingerprint density at radius 1 is 1.30 bits per heavy atom. The van der Waals surface area contributed by atoms with E-state index < -0.39 is 11.9 Å². The summed E-state index contributed by atoms with van der Waals surface area (Å²) in [6.45, 7) is 3.39. The molecule has 104 valence electrons. The van der Waals surface area contributed by atoms with Crippen molar-refractivity contribution >= 4 is 11.7 Å². The number of carbonyl (C=O) groups is 1. The van der Waals surface area contributed by atoms with E-state index in [1.54, 1.807) is 31.3 Å². The number of rotatable bonds is 4. The fourth-order valence-corrected chi connectivity index (χ4v) is 1.62. The van der Waals surface area contributed by atoms with Crippen molar-refractivity contribution in [2.24, 2.45) is 0 Å². The smallest absolute Gasteiger partial charge is 0.266 e. The molecule has 0 bridgehead atoms. The minimum atomic E-state index is -0.826. The summed E-state index contributed by atoms with van der Waals surface area (Å²) in [6, 6.07) is 9.58. The highest BCUT2D eigenvalue weighted by Gasteiger charge is 2.17. The van der Waals surface area contributed by atoms with E-state index in [0.717, 1.165) is 5.56 Å². The molecule has 1 atom stereocenters. The largest absolute Gasteiger partial charge is 0.478 e. The Kier molecular flexibility index (Phi) is 4.30. The Labute approximate surface area is 116 Å². The Bertz CT molecular complexity index is 616. The second-order valence-corrected chi connectivity index (χ2v) is 4.35. The summed E-state index contributed by atoms with van der Waals surface area (Å²) in [5.74, 6) is -0.356. The maximum atomic E-state index is 13.4. The van der Waals surface area contributed by atoms with E-state index in [0.29, 0.717) is 5.82 Å². The van der Waals surface area contributed by atoms with Gasteiger partial charge < -0.3 is 10.1 Å². The van der Waals surface area contributed by atoms with Crippen LogP contribution in [0.25, 0.3) is 0 Å². The van der Waals surface area contributed by atoms with Gasteiger partial charge in [0.1, 0.15) is 5.82 Å². The quantitative estimate of drug-likeness (QED) is 0.932. The summed E-state index contributed by atoms with van der Waals surface area (Å²) in [5.41, 5.74) is 0.846. The summed E-state index contributed by atoms with van der Waals surface area (Å²) < 4.78 is 18.7. The average molecular weight is 274 g/mol. The summed E-state index contributed by atoms with van der Waals surface area (Å²) in [4.78, 5) is 16.0. The number of anilines is 1. The van der Waals surface area contributed by atoms with Crippen molar-refractivity contribution in [3.63, 3.8) is 0 Å². The van der Waals surface area contributed by atoms with Crippen LogP contribution in [0.2, 0.25) is 0 Å². The molecule has 4 nitrogen and oxygen atoms in total. The number of benzene rings is 1. The topological polar surface area (TPSA) is 51.2 Å². The first-order chi connectivity index (χ1) is 9.58. The van der Waals surface area contributed by atoms with Crippen LogP contribution in [0, 0.1) is 12.7 Å². The zero-order valence-corrected chi connectivity index (χ0v) is 11.3. The van der Waals surface area contributed by atoms with Crippen molar-refractivity contribution in [3.05, 3.63) is 54.0 Å². The molecule has 0 aliphatic carbocycles. The van der Waals surface area contributed by atoms with Crippen molar-refractivity contribution in [2.45, 2.75) is 20.0 Å². The number of aromatic nitrogens is 1. The number of hydrogen-bond acceptors (Lipinski definition) is 3. The number of halogens is 1. The molecule has 0 unspecified atom stereocenters. The lowest BCUT2D eigenvalue weighted by Gasteiger charge is -2.15. The molecule has 0 spiro atoms. The molecule has 2 aromatic rings. The fourth-order valence-electron chi connectivity index (χ4n) is 1.62. The SMILES string of the molecule is Cc1cccnc1NC(=O)[C@@H](C)Oc1ccccc1F. The molecule has 1 N–H and O–H groups in total. The lowest BCUT2D eigenvalue weighted by Crippen LogP contribution is -2.31. The first-order valence-electron chi connectivity index (χ1n) is 6.21. The minimum Gasteiger partial charge on any atom is -0.478 e. The number of ether oxygens (including phenoxy) is 1. The molecule has 0 fully saturated rings. The van der Waals surface area contributed by atoms with E-state index in [9.17, 15) is 9.18 Å². The molecule has 0 aliphatic heterocycles. The molecule has 20 heavy (non-hydrogen) atoms. The van der Waals surface area contributed by atoms with E-state index in [-0.39, 0.29) is 11.7 Å². The lowest BCUT2D eigenvalue weighted by atomic mass is 10.2. The fraction of sp³-hybridized carbons (Fsp3) is 0.200. The highest BCUT2D eigenvalue weighted by atomic mass is 19.1. The van der Waals surface area contributed by atoms with Crippen LogP contribution in [-0.2, 0) is 4.79 Å². The van der Waals surface area contributed by atoms with Crippen LogP contribution in [0.3, 0.4) is 0 Å². The van der Waals surface area contributed by atoms with E-state index in [2.05, 4.69) is 10.3 Å². The van der Waals surface area contributed by atoms with Gasteiger partial charge in [0.15, 0.2) is 17.7 Å². The summed E-state index contributed by atoms with van der Waals surface area (Å²) >= 11 is 0. The first-order valence-corrected chi connectivity index (χ1v) is 6.21. The summed E-state index contributed by atoms with van der Waals surface area (Å²) in [5, 5.41) is 2.65. The highest BCUT2D eigenvalue weighted by molar-refractivity contribution is 5.93. The third kappa shape index (κ3) is 3.32. The molecule has 1 aromatic heterocycles. The third-order valence-corrected chi connectivity index (χ3v) is 2.76. The molecule has 5 heteroatoms. The van der Waals surface area contributed by atoms with E-state index in [1.807, 2.05) is 13.0 Å². The molecule has 1 aromatic carbocycles. The number of hydrogen-bond donors (Lipinski definition) is 1. The monoisotopic (exact) mass is 274 g/mol. The highest BCUT2D eigenvalue weighted by Crippen LogP contribution is 2.18. The summed E-state index contributed by atoms with van der Waals surface area (Å²) in [7, 11) is 0. The molecule has 0 saturated carbocycles. The second kappa shape index (κ2) is 6.14. The number of amides is 1. The predicted octanol–water partition coefficient (Wildman–Crippen LogP) is 2.94. The maximum Gasteiger partial charge on any atom is 0.266 e. The van der Waals surface area contributed by atoms with Gasteiger partial charge in [0.2, 0.25) is 0 Å². The van der Waals surface area contributed by atoms with Crippen LogP contribution in [0.5, 0.6) is 5.75 Å². The van der Waals surface area contributed by atoms with Gasteiger partial charge in [0.05, 0.1) is 0 Å². The van der Waals surface area contributed by atoms with Crippen LogP contribution in [-0.4, -0.2) is 17.0 Å². The van der Waals surface area contributed by atoms with Gasteiger partial charge in [-0.1, -0.05) is 18.2 Å². The van der Waals surface area contributed by atoms with Crippen molar-refractivity contribution in [2.75, 3.05) is 5.32 Å². The number of para-hydroxylation sites is 1. The summed E-state index contributed by atoms with van der Waals surface area (Å²) in [6.07, 6.45) is 0.763. The van der Waals surface area contributed by atoms with Crippen molar-refractivity contribution in [1.29, 1.82) is 0 Å². The zero-order valence-electron chi connectivity index (χ0n) is 11.3. The number of aryl methyl sites for hydroxylation is 1. The molecule has 1 heterocycles. The van der Waals surface area contributed by atoms with Gasteiger partial charge in [0.25, 0.3) is 5.91 Å². The molecule has 2 rings (SSSR count). The normalized spacial score (nSPS) is 11.8. The maximum absolute atomic E-state index is 13.4. The van der Waals surface area contributed by atoms with Gasteiger partial charge in [-0.25, -0.2) is 9.37 Å². The number of pyridine rings is 1. The first kappa shape index (κ1) is 14.0. The van der Waals surface area contributed by atoms with Gasteiger partial charge >= 0.3 is 0 Å². The minimum absolute atomic E-state index is 0.0490. The molecule has 0 aliphatic rings. The van der Waals surface area contributed by atoms with Gasteiger partial charge in [-0.3, -0.25) is 4.79 Å². The molecule has 1 amide bonds. The third-order valence-electron chi connectivity index (χ3n) is 2.76. The van der Waals surface area contributed by atoms with Gasteiger partial charge in [0, 0.05) is 6.20 Å². The van der Waals surface area contributed by atoms with Crippen LogP contribution in [0.1, 0.15) is 12.5 Å². The van der Waals surface area contributed by atoms with Crippen molar-refractivity contribution < 1.29 is 13.9 Å². The average Bonchev–Trinajstić information content (AvgIpc) is 2.43.